The van der Waals surface area contributed by atoms with E-state index in [2.05, 4.69) is 23.9 Å². The van der Waals surface area contributed by atoms with Crippen LogP contribution in [0.3, 0.4) is 0 Å². The van der Waals surface area contributed by atoms with Crippen molar-refractivity contribution in [1.82, 2.24) is 14.8 Å². The van der Waals surface area contributed by atoms with Gasteiger partial charge in [0, 0.05) is 18.0 Å². The third-order valence-electron chi connectivity index (χ3n) is 4.05. The van der Waals surface area contributed by atoms with Gasteiger partial charge in [-0.05, 0) is 49.9 Å². The van der Waals surface area contributed by atoms with Crippen LogP contribution in [0.2, 0.25) is 0 Å². The van der Waals surface area contributed by atoms with Crippen molar-refractivity contribution in [3.63, 3.8) is 0 Å². The first-order chi connectivity index (χ1) is 9.49. The Hall–Kier alpha value is -1.75. The van der Waals surface area contributed by atoms with E-state index in [1.165, 1.54) is 6.07 Å². The Balaban J connectivity index is 1.94. The summed E-state index contributed by atoms with van der Waals surface area (Å²) in [6.07, 6.45) is 3.83. The van der Waals surface area contributed by atoms with E-state index < -0.39 is 5.54 Å². The van der Waals surface area contributed by atoms with Crippen LogP contribution in [0.4, 0.5) is 4.39 Å². The Morgan fingerprint density at radius 1 is 1.45 bits per heavy atom. The van der Waals surface area contributed by atoms with Gasteiger partial charge in [-0.25, -0.2) is 14.1 Å². The maximum Gasteiger partial charge on any atom is 0.138 e. The lowest BCUT2D eigenvalue weighted by Crippen LogP contribution is -2.37. The van der Waals surface area contributed by atoms with Gasteiger partial charge in [0.1, 0.15) is 18.0 Å². The zero-order valence-corrected chi connectivity index (χ0v) is 11.8. The molecule has 5 heteroatoms. The molecule has 0 saturated heterocycles. The van der Waals surface area contributed by atoms with Gasteiger partial charge < -0.3 is 5.73 Å². The van der Waals surface area contributed by atoms with E-state index in [0.717, 1.165) is 29.8 Å². The second-order valence-electron chi connectivity index (χ2n) is 5.85. The quantitative estimate of drug-likeness (QED) is 0.934. The second-order valence-corrected chi connectivity index (χ2v) is 5.85. The van der Waals surface area contributed by atoms with Crippen LogP contribution < -0.4 is 5.73 Å². The number of hydrogen-bond acceptors (Lipinski definition) is 3. The lowest BCUT2D eigenvalue weighted by Gasteiger charge is -2.25. The summed E-state index contributed by atoms with van der Waals surface area (Å²) in [7, 11) is 0. The van der Waals surface area contributed by atoms with E-state index in [0.29, 0.717) is 6.42 Å². The second kappa shape index (κ2) is 4.66. The molecule has 2 N–H and O–H groups in total. The number of rotatable bonds is 3. The molecular formula is C15H19FN4. The van der Waals surface area contributed by atoms with Crippen LogP contribution in [-0.2, 0) is 18.4 Å². The number of benzene rings is 1. The molecule has 0 amide bonds. The average molecular weight is 274 g/mol. The zero-order valence-electron chi connectivity index (χ0n) is 11.8. The lowest BCUT2D eigenvalue weighted by molar-refractivity contribution is 0.401. The van der Waals surface area contributed by atoms with Gasteiger partial charge in [-0.1, -0.05) is 6.07 Å². The van der Waals surface area contributed by atoms with Crippen molar-refractivity contribution in [2.45, 2.75) is 44.7 Å². The summed E-state index contributed by atoms with van der Waals surface area (Å²) in [5, 5.41) is 4.25. The molecule has 2 aromatic rings. The summed E-state index contributed by atoms with van der Waals surface area (Å²) in [4.78, 5) is 4.33. The predicted octanol–water partition coefficient (Wildman–Crippen LogP) is 2.34. The summed E-state index contributed by atoms with van der Waals surface area (Å²) in [5.41, 5.74) is 8.16. The minimum Gasteiger partial charge on any atom is -0.321 e. The topological polar surface area (TPSA) is 56.7 Å². The zero-order chi connectivity index (χ0) is 14.3. The third-order valence-corrected chi connectivity index (χ3v) is 4.05. The van der Waals surface area contributed by atoms with E-state index >= 15 is 0 Å². The number of hydrogen-bond donors (Lipinski definition) is 1. The van der Waals surface area contributed by atoms with Crippen molar-refractivity contribution < 1.29 is 4.39 Å². The Morgan fingerprint density at radius 3 is 3.00 bits per heavy atom. The van der Waals surface area contributed by atoms with Gasteiger partial charge >= 0.3 is 0 Å². The molecule has 20 heavy (non-hydrogen) atoms. The van der Waals surface area contributed by atoms with E-state index in [1.807, 2.05) is 10.7 Å². The molecule has 0 bridgehead atoms. The van der Waals surface area contributed by atoms with Crippen molar-refractivity contribution in [1.29, 1.82) is 0 Å². The molecule has 0 spiro atoms. The van der Waals surface area contributed by atoms with Gasteiger partial charge in [0.15, 0.2) is 0 Å². The van der Waals surface area contributed by atoms with Gasteiger partial charge in [-0.2, -0.15) is 5.10 Å². The molecule has 0 saturated carbocycles. The predicted molar refractivity (Wildman–Crippen MR) is 74.7 cm³/mol. The Kier molecular flexibility index (Phi) is 3.09. The molecule has 1 aromatic heterocycles. The highest BCUT2D eigenvalue weighted by atomic mass is 19.1. The van der Waals surface area contributed by atoms with Gasteiger partial charge in [0.25, 0.3) is 0 Å². The maximum atomic E-state index is 13.3. The van der Waals surface area contributed by atoms with Crippen LogP contribution in [0, 0.1) is 5.82 Å². The van der Waals surface area contributed by atoms with E-state index in [-0.39, 0.29) is 11.9 Å². The standard InChI is InChI=1S/C15H19FN4/c1-10(2)20-14(18-9-19-20)8-15(17)6-5-11-7-12(16)3-4-13(11)15/h3-4,7,9-10H,5-6,8,17H2,1-2H3. The van der Waals surface area contributed by atoms with Crippen molar-refractivity contribution in [2.75, 3.05) is 0 Å². The molecule has 1 atom stereocenters. The van der Waals surface area contributed by atoms with Crippen LogP contribution in [-0.4, -0.2) is 14.8 Å². The molecule has 1 aromatic carbocycles. The van der Waals surface area contributed by atoms with Gasteiger partial charge in [-0.3, -0.25) is 0 Å². The van der Waals surface area contributed by atoms with E-state index in [4.69, 9.17) is 5.73 Å². The molecular weight excluding hydrogens is 255 g/mol. The van der Waals surface area contributed by atoms with E-state index in [9.17, 15) is 4.39 Å². The number of aromatic nitrogens is 3. The first kappa shape index (κ1) is 13.2. The summed E-state index contributed by atoms with van der Waals surface area (Å²) in [5.74, 6) is 0.693. The molecule has 4 nitrogen and oxygen atoms in total. The average Bonchev–Trinajstić information content (AvgIpc) is 2.95. The SMILES string of the molecule is CC(C)n1ncnc1CC1(N)CCc2cc(F)ccc21. The highest BCUT2D eigenvalue weighted by Gasteiger charge is 2.36. The fourth-order valence-electron chi connectivity index (χ4n) is 3.04. The summed E-state index contributed by atoms with van der Waals surface area (Å²) in [6.45, 7) is 4.14. The molecule has 1 aliphatic carbocycles. The summed E-state index contributed by atoms with van der Waals surface area (Å²) in [6, 6.07) is 5.15. The number of fused-ring (bicyclic) bond motifs is 1. The first-order valence-electron chi connectivity index (χ1n) is 6.96. The minimum absolute atomic E-state index is 0.196. The number of aryl methyl sites for hydroxylation is 1. The molecule has 106 valence electrons. The monoisotopic (exact) mass is 274 g/mol. The Bertz CT molecular complexity index is 635. The van der Waals surface area contributed by atoms with Crippen LogP contribution in [0.25, 0.3) is 0 Å². The van der Waals surface area contributed by atoms with Crippen LogP contribution in [0.1, 0.15) is 43.3 Å². The highest BCUT2D eigenvalue weighted by molar-refractivity contribution is 5.39. The Morgan fingerprint density at radius 2 is 2.25 bits per heavy atom. The minimum atomic E-state index is -0.470. The van der Waals surface area contributed by atoms with Crippen LogP contribution in [0.5, 0.6) is 0 Å². The lowest BCUT2D eigenvalue weighted by atomic mass is 9.89. The van der Waals surface area contributed by atoms with Crippen molar-refractivity contribution >= 4 is 0 Å². The van der Waals surface area contributed by atoms with Gasteiger partial charge in [-0.15, -0.1) is 0 Å². The Labute approximate surface area is 117 Å². The number of halogens is 1. The van der Waals surface area contributed by atoms with Crippen LogP contribution in [0.15, 0.2) is 24.5 Å². The third kappa shape index (κ3) is 2.12. The van der Waals surface area contributed by atoms with Crippen LogP contribution >= 0.6 is 0 Å². The molecule has 0 fully saturated rings. The summed E-state index contributed by atoms with van der Waals surface area (Å²) < 4.78 is 15.2. The maximum absolute atomic E-state index is 13.3. The number of nitrogens with two attached hydrogens (primary N) is 1. The fraction of sp³-hybridized carbons (Fsp3) is 0.467. The van der Waals surface area contributed by atoms with Gasteiger partial charge in [0.2, 0.25) is 0 Å². The van der Waals surface area contributed by atoms with Crippen molar-refractivity contribution in [3.05, 3.63) is 47.3 Å². The van der Waals surface area contributed by atoms with Gasteiger partial charge in [0.05, 0.1) is 0 Å². The molecule has 3 rings (SSSR count). The smallest absolute Gasteiger partial charge is 0.138 e. The molecule has 0 radical (unpaired) electrons. The number of nitrogens with zero attached hydrogens (tertiary/aromatic N) is 3. The first-order valence-corrected chi connectivity index (χ1v) is 6.96. The normalized spacial score (nSPS) is 21.4. The fourth-order valence-corrected chi connectivity index (χ4v) is 3.04. The van der Waals surface area contributed by atoms with E-state index in [1.54, 1.807) is 12.4 Å². The molecule has 1 aliphatic rings. The molecule has 1 unspecified atom stereocenters. The largest absolute Gasteiger partial charge is 0.321 e. The highest BCUT2D eigenvalue weighted by Crippen LogP contribution is 2.37. The molecule has 0 aliphatic heterocycles. The summed E-state index contributed by atoms with van der Waals surface area (Å²) >= 11 is 0. The van der Waals surface area contributed by atoms with Crippen molar-refractivity contribution in [3.8, 4) is 0 Å². The molecule has 1 heterocycles. The van der Waals surface area contributed by atoms with Crippen molar-refractivity contribution in [2.24, 2.45) is 5.73 Å².